The molecule has 0 atom stereocenters. The van der Waals surface area contributed by atoms with Gasteiger partial charge in [0.05, 0.1) is 6.54 Å². The van der Waals surface area contributed by atoms with Gasteiger partial charge in [-0.2, -0.15) is 0 Å². The molecule has 0 bridgehead atoms. The SMILES string of the molecule is CN(C)C(=O)CN1CCN(C(=O)c2cc3cc(Cl)ccc3n2C)CC1. The summed E-state index contributed by atoms with van der Waals surface area (Å²) in [6, 6.07) is 7.53. The highest BCUT2D eigenvalue weighted by molar-refractivity contribution is 6.31. The Morgan fingerprint density at radius 1 is 1.12 bits per heavy atom. The monoisotopic (exact) mass is 362 g/mol. The zero-order chi connectivity index (χ0) is 18.1. The fraction of sp³-hybridized carbons (Fsp3) is 0.444. The second-order valence-electron chi connectivity index (χ2n) is 6.65. The zero-order valence-electron chi connectivity index (χ0n) is 14.8. The molecule has 0 N–H and O–H groups in total. The lowest BCUT2D eigenvalue weighted by atomic mass is 10.2. The third-order valence-electron chi connectivity index (χ3n) is 4.74. The summed E-state index contributed by atoms with van der Waals surface area (Å²) in [5, 5.41) is 1.63. The number of halogens is 1. The summed E-state index contributed by atoms with van der Waals surface area (Å²) in [7, 11) is 5.42. The molecule has 134 valence electrons. The molecule has 2 heterocycles. The standard InChI is InChI=1S/C18H23ClN4O2/c1-20(2)17(24)12-22-6-8-23(9-7-22)18(25)16-11-13-10-14(19)4-5-15(13)21(16)3/h4-5,10-11H,6-9,12H2,1-3H3. The average Bonchev–Trinajstić information content (AvgIpc) is 2.90. The molecule has 0 radical (unpaired) electrons. The molecule has 0 aliphatic carbocycles. The number of nitrogens with zero attached hydrogens (tertiary/aromatic N) is 4. The summed E-state index contributed by atoms with van der Waals surface area (Å²) < 4.78 is 1.91. The summed E-state index contributed by atoms with van der Waals surface area (Å²) in [5.41, 5.74) is 1.65. The molecule has 0 spiro atoms. The van der Waals surface area contributed by atoms with Crippen LogP contribution >= 0.6 is 11.6 Å². The molecule has 1 aliphatic heterocycles. The van der Waals surface area contributed by atoms with Crippen LogP contribution in [0.3, 0.4) is 0 Å². The molecule has 3 rings (SSSR count). The first kappa shape index (κ1) is 17.8. The second kappa shape index (κ2) is 7.06. The molecule has 0 unspecified atom stereocenters. The smallest absolute Gasteiger partial charge is 0.270 e. The van der Waals surface area contributed by atoms with Gasteiger partial charge in [0, 0.05) is 63.2 Å². The summed E-state index contributed by atoms with van der Waals surface area (Å²) in [6.07, 6.45) is 0. The van der Waals surface area contributed by atoms with Gasteiger partial charge in [-0.3, -0.25) is 14.5 Å². The highest BCUT2D eigenvalue weighted by Gasteiger charge is 2.25. The van der Waals surface area contributed by atoms with Crippen LogP contribution < -0.4 is 0 Å². The predicted molar refractivity (Wildman–Crippen MR) is 99.0 cm³/mol. The number of carbonyl (C=O) groups is 2. The summed E-state index contributed by atoms with van der Waals surface area (Å²) >= 11 is 6.05. The largest absolute Gasteiger partial charge is 0.348 e. The van der Waals surface area contributed by atoms with Crippen molar-refractivity contribution >= 4 is 34.3 Å². The molecule has 0 saturated carbocycles. The van der Waals surface area contributed by atoms with E-state index in [9.17, 15) is 9.59 Å². The Balaban J connectivity index is 1.69. The molecule has 1 aromatic heterocycles. The highest BCUT2D eigenvalue weighted by atomic mass is 35.5. The number of aromatic nitrogens is 1. The number of benzene rings is 1. The molecular formula is C18H23ClN4O2. The van der Waals surface area contributed by atoms with Gasteiger partial charge in [-0.15, -0.1) is 0 Å². The van der Waals surface area contributed by atoms with Gasteiger partial charge in [-0.25, -0.2) is 0 Å². The van der Waals surface area contributed by atoms with Crippen LogP contribution in [-0.2, 0) is 11.8 Å². The van der Waals surface area contributed by atoms with Crippen LogP contribution in [-0.4, -0.2) is 77.9 Å². The lowest BCUT2D eigenvalue weighted by Gasteiger charge is -2.34. The van der Waals surface area contributed by atoms with E-state index in [1.165, 1.54) is 0 Å². The van der Waals surface area contributed by atoms with Gasteiger partial charge in [0.1, 0.15) is 5.69 Å². The first-order valence-electron chi connectivity index (χ1n) is 8.33. The van der Waals surface area contributed by atoms with Crippen LogP contribution in [0.4, 0.5) is 0 Å². The van der Waals surface area contributed by atoms with Gasteiger partial charge in [-0.05, 0) is 24.3 Å². The lowest BCUT2D eigenvalue weighted by molar-refractivity contribution is -0.130. The van der Waals surface area contributed by atoms with E-state index in [0.717, 1.165) is 10.9 Å². The van der Waals surface area contributed by atoms with Crippen molar-refractivity contribution in [3.05, 3.63) is 35.0 Å². The van der Waals surface area contributed by atoms with Crippen LogP contribution in [0, 0.1) is 0 Å². The normalized spacial score (nSPS) is 15.6. The third-order valence-corrected chi connectivity index (χ3v) is 4.98. The highest BCUT2D eigenvalue weighted by Crippen LogP contribution is 2.23. The average molecular weight is 363 g/mol. The van der Waals surface area contributed by atoms with Gasteiger partial charge in [0.2, 0.25) is 5.91 Å². The van der Waals surface area contributed by atoms with Crippen molar-refractivity contribution in [3.63, 3.8) is 0 Å². The molecule has 25 heavy (non-hydrogen) atoms. The molecule has 1 saturated heterocycles. The maximum absolute atomic E-state index is 12.9. The van der Waals surface area contributed by atoms with Gasteiger partial charge in [0.25, 0.3) is 5.91 Å². The quantitative estimate of drug-likeness (QED) is 0.834. The number of hydrogen-bond donors (Lipinski definition) is 0. The molecule has 1 aliphatic rings. The van der Waals surface area contributed by atoms with Crippen molar-refractivity contribution in [3.8, 4) is 0 Å². The van der Waals surface area contributed by atoms with Crippen LogP contribution in [0.15, 0.2) is 24.3 Å². The summed E-state index contributed by atoms with van der Waals surface area (Å²) in [5.74, 6) is 0.110. The van der Waals surface area contributed by atoms with Crippen molar-refractivity contribution in [2.45, 2.75) is 0 Å². The van der Waals surface area contributed by atoms with Gasteiger partial charge < -0.3 is 14.4 Å². The fourth-order valence-electron chi connectivity index (χ4n) is 3.13. The topological polar surface area (TPSA) is 48.8 Å². The molecule has 7 heteroatoms. The van der Waals surface area contributed by atoms with E-state index >= 15 is 0 Å². The van der Waals surface area contributed by atoms with E-state index in [4.69, 9.17) is 11.6 Å². The number of hydrogen-bond acceptors (Lipinski definition) is 3. The van der Waals surface area contributed by atoms with Crippen molar-refractivity contribution in [1.29, 1.82) is 0 Å². The van der Waals surface area contributed by atoms with Crippen molar-refractivity contribution in [2.75, 3.05) is 46.8 Å². The van der Waals surface area contributed by atoms with Crippen LogP contribution in [0.2, 0.25) is 5.02 Å². The van der Waals surface area contributed by atoms with Crippen LogP contribution in [0.25, 0.3) is 10.9 Å². The number of fused-ring (bicyclic) bond motifs is 1. The Morgan fingerprint density at radius 3 is 2.44 bits per heavy atom. The Kier molecular flexibility index (Phi) is 5.01. The minimum Gasteiger partial charge on any atom is -0.348 e. The number of likely N-dealkylation sites (N-methyl/N-ethyl adjacent to an activating group) is 1. The van der Waals surface area contributed by atoms with Crippen LogP contribution in [0.5, 0.6) is 0 Å². The molecule has 2 aromatic rings. The predicted octanol–water partition coefficient (Wildman–Crippen LogP) is 1.68. The number of piperazine rings is 1. The molecule has 1 aromatic carbocycles. The number of carbonyl (C=O) groups excluding carboxylic acids is 2. The first-order chi connectivity index (χ1) is 11.9. The third kappa shape index (κ3) is 3.65. The number of amides is 2. The minimum atomic E-state index is 0.0217. The lowest BCUT2D eigenvalue weighted by Crippen LogP contribution is -2.51. The summed E-state index contributed by atoms with van der Waals surface area (Å²) in [4.78, 5) is 30.2. The molecule has 6 nitrogen and oxygen atoms in total. The maximum atomic E-state index is 12.9. The van der Waals surface area contributed by atoms with E-state index in [-0.39, 0.29) is 11.8 Å². The summed E-state index contributed by atoms with van der Waals surface area (Å²) in [6.45, 7) is 3.08. The first-order valence-corrected chi connectivity index (χ1v) is 8.71. The minimum absolute atomic E-state index is 0.0217. The second-order valence-corrected chi connectivity index (χ2v) is 7.08. The maximum Gasteiger partial charge on any atom is 0.270 e. The Morgan fingerprint density at radius 2 is 1.80 bits per heavy atom. The molecular weight excluding hydrogens is 340 g/mol. The fourth-order valence-corrected chi connectivity index (χ4v) is 3.31. The Hall–Kier alpha value is -2.05. The number of rotatable bonds is 3. The van der Waals surface area contributed by atoms with E-state index < -0.39 is 0 Å². The van der Waals surface area contributed by atoms with Gasteiger partial charge >= 0.3 is 0 Å². The number of aryl methyl sites for hydroxylation is 1. The van der Waals surface area contributed by atoms with Crippen molar-refractivity contribution < 1.29 is 9.59 Å². The van der Waals surface area contributed by atoms with E-state index in [0.29, 0.717) is 43.4 Å². The van der Waals surface area contributed by atoms with Gasteiger partial charge in [-0.1, -0.05) is 11.6 Å². The van der Waals surface area contributed by atoms with Crippen molar-refractivity contribution in [1.82, 2.24) is 19.3 Å². The molecule has 2 amide bonds. The van der Waals surface area contributed by atoms with E-state index in [1.807, 2.05) is 40.8 Å². The molecule has 1 fully saturated rings. The van der Waals surface area contributed by atoms with Crippen LogP contribution in [0.1, 0.15) is 10.5 Å². The van der Waals surface area contributed by atoms with E-state index in [1.54, 1.807) is 19.0 Å². The van der Waals surface area contributed by atoms with E-state index in [2.05, 4.69) is 4.90 Å². The van der Waals surface area contributed by atoms with Gasteiger partial charge in [0.15, 0.2) is 0 Å². The van der Waals surface area contributed by atoms with Crippen molar-refractivity contribution in [2.24, 2.45) is 7.05 Å². The Labute approximate surface area is 152 Å². The zero-order valence-corrected chi connectivity index (χ0v) is 15.6. The Bertz CT molecular complexity index is 807.